The van der Waals surface area contributed by atoms with E-state index < -0.39 is 5.82 Å². The molecule has 90 valence electrons. The average molecular weight is 306 g/mol. The van der Waals surface area contributed by atoms with Gasteiger partial charge in [-0.2, -0.15) is 5.26 Å². The first kappa shape index (κ1) is 12.6. The summed E-state index contributed by atoms with van der Waals surface area (Å²) in [5.41, 5.74) is 1.17. The Morgan fingerprint density at radius 3 is 2.78 bits per heavy atom. The summed E-state index contributed by atoms with van der Waals surface area (Å²) in [6.45, 7) is 1.81. The first-order valence-electron chi connectivity index (χ1n) is 5.24. The molecule has 0 amide bonds. The number of nitrogens with zero attached hydrogens (tertiary/aromatic N) is 1. The standard InChI is InChI=1S/C14H9BrFNO/c1-9-3-2-4-10(8-17)14(9)18-13-7-11(15)5-6-12(13)16/h2-7H,1H3. The Kier molecular flexibility index (Phi) is 3.63. The average Bonchev–Trinajstić information content (AvgIpc) is 2.36. The van der Waals surface area contributed by atoms with E-state index in [2.05, 4.69) is 15.9 Å². The van der Waals surface area contributed by atoms with Gasteiger partial charge in [0.1, 0.15) is 11.8 Å². The number of hydrogen-bond acceptors (Lipinski definition) is 2. The fourth-order valence-corrected chi connectivity index (χ4v) is 1.88. The molecule has 4 heteroatoms. The minimum absolute atomic E-state index is 0.0928. The molecule has 0 radical (unpaired) electrons. The van der Waals surface area contributed by atoms with Gasteiger partial charge >= 0.3 is 0 Å². The molecule has 0 aliphatic carbocycles. The quantitative estimate of drug-likeness (QED) is 0.815. The van der Waals surface area contributed by atoms with Gasteiger partial charge in [0.25, 0.3) is 0 Å². The van der Waals surface area contributed by atoms with Crippen LogP contribution in [0.15, 0.2) is 40.9 Å². The van der Waals surface area contributed by atoms with Crippen LogP contribution in [0.4, 0.5) is 4.39 Å². The van der Waals surface area contributed by atoms with Crippen LogP contribution in [0.5, 0.6) is 11.5 Å². The van der Waals surface area contributed by atoms with Gasteiger partial charge in [-0.3, -0.25) is 0 Å². The number of benzene rings is 2. The number of halogens is 2. The third-order valence-corrected chi connectivity index (χ3v) is 2.93. The van der Waals surface area contributed by atoms with Crippen LogP contribution in [0.2, 0.25) is 0 Å². The normalized spacial score (nSPS) is 9.89. The zero-order valence-corrected chi connectivity index (χ0v) is 11.2. The summed E-state index contributed by atoms with van der Waals surface area (Å²) in [6.07, 6.45) is 0. The van der Waals surface area contributed by atoms with Gasteiger partial charge in [-0.15, -0.1) is 0 Å². The SMILES string of the molecule is Cc1cccc(C#N)c1Oc1cc(Br)ccc1F. The zero-order valence-electron chi connectivity index (χ0n) is 9.58. The molecular weight excluding hydrogens is 297 g/mol. The fraction of sp³-hybridized carbons (Fsp3) is 0.0714. The summed E-state index contributed by atoms with van der Waals surface area (Å²) in [5.74, 6) is 0.0116. The molecular formula is C14H9BrFNO. The van der Waals surface area contributed by atoms with Gasteiger partial charge in [-0.05, 0) is 36.8 Å². The second kappa shape index (κ2) is 5.19. The van der Waals surface area contributed by atoms with Crippen LogP contribution >= 0.6 is 15.9 Å². The van der Waals surface area contributed by atoms with Gasteiger partial charge in [-0.1, -0.05) is 28.1 Å². The Morgan fingerprint density at radius 1 is 1.28 bits per heavy atom. The van der Waals surface area contributed by atoms with Crippen molar-refractivity contribution in [2.75, 3.05) is 0 Å². The van der Waals surface area contributed by atoms with Crippen molar-refractivity contribution >= 4 is 15.9 Å². The molecule has 0 N–H and O–H groups in total. The molecule has 0 atom stereocenters. The van der Waals surface area contributed by atoms with E-state index >= 15 is 0 Å². The van der Waals surface area contributed by atoms with Gasteiger partial charge in [0, 0.05) is 4.47 Å². The smallest absolute Gasteiger partial charge is 0.165 e. The van der Waals surface area contributed by atoms with Crippen molar-refractivity contribution in [1.29, 1.82) is 5.26 Å². The molecule has 2 rings (SSSR count). The Bertz CT molecular complexity index is 634. The maximum Gasteiger partial charge on any atom is 0.165 e. The molecule has 0 bridgehead atoms. The van der Waals surface area contributed by atoms with E-state index in [1.54, 1.807) is 18.2 Å². The van der Waals surface area contributed by atoms with E-state index in [-0.39, 0.29) is 5.75 Å². The molecule has 0 aliphatic rings. The second-order valence-electron chi connectivity index (χ2n) is 3.74. The van der Waals surface area contributed by atoms with Gasteiger partial charge in [0.15, 0.2) is 11.6 Å². The van der Waals surface area contributed by atoms with Crippen molar-refractivity contribution in [3.63, 3.8) is 0 Å². The minimum atomic E-state index is -0.467. The summed E-state index contributed by atoms with van der Waals surface area (Å²) in [4.78, 5) is 0. The van der Waals surface area contributed by atoms with E-state index in [0.29, 0.717) is 15.8 Å². The Balaban J connectivity index is 2.46. The lowest BCUT2D eigenvalue weighted by Crippen LogP contribution is -1.93. The maximum atomic E-state index is 13.6. The maximum absolute atomic E-state index is 13.6. The molecule has 0 saturated carbocycles. The molecule has 2 aromatic carbocycles. The third kappa shape index (κ3) is 2.52. The molecule has 0 spiro atoms. The highest BCUT2D eigenvalue weighted by Gasteiger charge is 2.11. The van der Waals surface area contributed by atoms with Crippen LogP contribution in [-0.2, 0) is 0 Å². The molecule has 2 nitrogen and oxygen atoms in total. The van der Waals surface area contributed by atoms with E-state index in [1.807, 2.05) is 19.1 Å². The lowest BCUT2D eigenvalue weighted by atomic mass is 10.1. The monoisotopic (exact) mass is 305 g/mol. The summed E-state index contributed by atoms with van der Waals surface area (Å²) in [5, 5.41) is 9.01. The third-order valence-electron chi connectivity index (χ3n) is 2.44. The van der Waals surface area contributed by atoms with Crippen LogP contribution in [0.25, 0.3) is 0 Å². The van der Waals surface area contributed by atoms with Crippen molar-refractivity contribution in [3.05, 3.63) is 57.8 Å². The van der Waals surface area contributed by atoms with E-state index in [9.17, 15) is 4.39 Å². The lowest BCUT2D eigenvalue weighted by molar-refractivity contribution is 0.438. The van der Waals surface area contributed by atoms with Crippen molar-refractivity contribution < 1.29 is 9.13 Å². The van der Waals surface area contributed by atoms with E-state index in [0.717, 1.165) is 5.56 Å². The Morgan fingerprint density at radius 2 is 2.06 bits per heavy atom. The van der Waals surface area contributed by atoms with Gasteiger partial charge in [0.05, 0.1) is 5.56 Å². The van der Waals surface area contributed by atoms with Crippen molar-refractivity contribution in [2.45, 2.75) is 6.92 Å². The fourth-order valence-electron chi connectivity index (χ4n) is 1.54. The van der Waals surface area contributed by atoms with Crippen LogP contribution in [0.3, 0.4) is 0 Å². The van der Waals surface area contributed by atoms with Crippen molar-refractivity contribution in [1.82, 2.24) is 0 Å². The number of nitriles is 1. The first-order chi connectivity index (χ1) is 8.61. The van der Waals surface area contributed by atoms with Gasteiger partial charge in [-0.25, -0.2) is 4.39 Å². The van der Waals surface area contributed by atoms with Crippen LogP contribution in [0.1, 0.15) is 11.1 Å². The second-order valence-corrected chi connectivity index (χ2v) is 4.66. The van der Waals surface area contributed by atoms with E-state index in [4.69, 9.17) is 10.00 Å². The number of ether oxygens (including phenoxy) is 1. The number of para-hydroxylation sites is 1. The van der Waals surface area contributed by atoms with Gasteiger partial charge in [0.2, 0.25) is 0 Å². The zero-order chi connectivity index (χ0) is 13.1. The highest BCUT2D eigenvalue weighted by Crippen LogP contribution is 2.31. The number of aryl methyl sites for hydroxylation is 1. The van der Waals surface area contributed by atoms with Crippen LogP contribution < -0.4 is 4.74 Å². The first-order valence-corrected chi connectivity index (χ1v) is 6.03. The molecule has 0 aromatic heterocycles. The lowest BCUT2D eigenvalue weighted by Gasteiger charge is -2.11. The Hall–Kier alpha value is -1.86. The van der Waals surface area contributed by atoms with Crippen molar-refractivity contribution in [3.8, 4) is 17.6 Å². The summed E-state index contributed by atoms with van der Waals surface area (Å²) in [7, 11) is 0. The summed E-state index contributed by atoms with van der Waals surface area (Å²) >= 11 is 3.25. The predicted molar refractivity (Wildman–Crippen MR) is 70.1 cm³/mol. The van der Waals surface area contributed by atoms with Crippen LogP contribution in [-0.4, -0.2) is 0 Å². The molecule has 2 aromatic rings. The topological polar surface area (TPSA) is 33.0 Å². The number of hydrogen-bond donors (Lipinski definition) is 0. The minimum Gasteiger partial charge on any atom is -0.453 e. The summed E-state index contributed by atoms with van der Waals surface area (Å²) < 4.78 is 19.8. The highest BCUT2D eigenvalue weighted by atomic mass is 79.9. The molecule has 0 fully saturated rings. The Labute approximate surface area is 113 Å². The van der Waals surface area contributed by atoms with Gasteiger partial charge < -0.3 is 4.74 Å². The molecule has 0 saturated heterocycles. The molecule has 0 heterocycles. The summed E-state index contributed by atoms with van der Waals surface area (Å²) in [6, 6.07) is 11.7. The highest BCUT2D eigenvalue weighted by molar-refractivity contribution is 9.10. The van der Waals surface area contributed by atoms with Crippen molar-refractivity contribution in [2.24, 2.45) is 0 Å². The molecule has 0 aliphatic heterocycles. The number of rotatable bonds is 2. The largest absolute Gasteiger partial charge is 0.453 e. The van der Waals surface area contributed by atoms with E-state index in [1.165, 1.54) is 12.1 Å². The molecule has 0 unspecified atom stereocenters. The predicted octanol–water partition coefficient (Wildman–Crippen LogP) is 4.56. The van der Waals surface area contributed by atoms with Crippen LogP contribution in [0, 0.1) is 24.1 Å². The molecule has 18 heavy (non-hydrogen) atoms.